The molecule has 2 aromatic carbocycles. The van der Waals surface area contributed by atoms with Gasteiger partial charge in [-0.2, -0.15) is 17.9 Å². The highest BCUT2D eigenvalue weighted by Crippen LogP contribution is 2.36. The third-order valence-electron chi connectivity index (χ3n) is 5.30. The molecule has 0 atom stereocenters. The Labute approximate surface area is 198 Å². The Morgan fingerprint density at radius 3 is 2.56 bits per heavy atom. The van der Waals surface area contributed by atoms with Crippen molar-refractivity contribution in [2.45, 2.75) is 25.2 Å². The number of hydrogen-bond acceptors (Lipinski definition) is 7. The number of carbonyl (C=O) groups is 1. The topological polar surface area (TPSA) is 85.2 Å². The Morgan fingerprint density at radius 2 is 1.85 bits per heavy atom. The number of aryl methyl sites for hydroxylation is 2. The van der Waals surface area contributed by atoms with Crippen LogP contribution in [0.3, 0.4) is 0 Å². The van der Waals surface area contributed by atoms with Gasteiger partial charge in [0.15, 0.2) is 0 Å². The second-order valence-corrected chi connectivity index (χ2v) is 8.77. The van der Waals surface area contributed by atoms with Crippen LogP contribution in [0, 0.1) is 13.8 Å². The summed E-state index contributed by atoms with van der Waals surface area (Å²) in [4.78, 5) is 14.6. The van der Waals surface area contributed by atoms with Crippen molar-refractivity contribution in [2.24, 2.45) is 0 Å². The van der Waals surface area contributed by atoms with E-state index < -0.39 is 17.6 Å². The van der Waals surface area contributed by atoms with E-state index in [-0.39, 0.29) is 11.4 Å². The lowest BCUT2D eigenvalue weighted by Gasteiger charge is -2.31. The van der Waals surface area contributed by atoms with Crippen LogP contribution in [0.4, 0.5) is 24.5 Å². The lowest BCUT2D eigenvalue weighted by molar-refractivity contribution is -0.137. The second-order valence-electron chi connectivity index (χ2n) is 7.83. The number of alkyl halides is 3. The van der Waals surface area contributed by atoms with E-state index in [2.05, 4.69) is 20.8 Å². The molecule has 0 saturated carbocycles. The van der Waals surface area contributed by atoms with Gasteiger partial charge in [-0.15, -0.1) is 5.10 Å². The maximum Gasteiger partial charge on any atom is 0.416 e. The Hall–Kier alpha value is -3.12. The summed E-state index contributed by atoms with van der Waals surface area (Å²) in [6, 6.07) is 9.20. The van der Waals surface area contributed by atoms with E-state index in [0.29, 0.717) is 37.1 Å². The van der Waals surface area contributed by atoms with Gasteiger partial charge in [-0.25, -0.2) is 0 Å². The smallest absolute Gasteiger partial charge is 0.378 e. The quantitative estimate of drug-likeness (QED) is 0.523. The van der Waals surface area contributed by atoms with Gasteiger partial charge in [0.25, 0.3) is 0 Å². The normalized spacial score (nSPS) is 14.3. The number of amides is 1. The lowest BCUT2D eigenvalue weighted by Crippen LogP contribution is -2.37. The SMILES string of the molecule is Cc1ccc(-n2nnnc2SCC(=O)Nc2cc(C(F)(F)F)ccc2N2CCOCC2)c(C)c1. The fourth-order valence-corrected chi connectivity index (χ4v) is 4.36. The number of thioether (sulfide) groups is 1. The molecule has 2 heterocycles. The molecule has 1 fully saturated rings. The number of morpholine rings is 1. The highest BCUT2D eigenvalue weighted by molar-refractivity contribution is 7.99. The van der Waals surface area contributed by atoms with E-state index >= 15 is 0 Å². The fraction of sp³-hybridized carbons (Fsp3) is 0.364. The minimum atomic E-state index is -4.52. The molecule has 0 aliphatic carbocycles. The number of nitrogens with one attached hydrogen (secondary N) is 1. The number of nitrogens with zero attached hydrogens (tertiary/aromatic N) is 5. The van der Waals surface area contributed by atoms with Crippen molar-refractivity contribution in [3.05, 3.63) is 53.1 Å². The molecule has 1 amide bonds. The summed E-state index contributed by atoms with van der Waals surface area (Å²) in [5.74, 6) is -0.543. The molecule has 0 bridgehead atoms. The Morgan fingerprint density at radius 1 is 1.12 bits per heavy atom. The van der Waals surface area contributed by atoms with Gasteiger partial charge in [-0.05, 0) is 54.1 Å². The van der Waals surface area contributed by atoms with Gasteiger partial charge in [0.2, 0.25) is 11.1 Å². The summed E-state index contributed by atoms with van der Waals surface area (Å²) >= 11 is 1.10. The first-order valence-corrected chi connectivity index (χ1v) is 11.5. The molecular weight excluding hydrogens is 469 g/mol. The molecule has 8 nitrogen and oxygen atoms in total. The molecule has 0 spiro atoms. The van der Waals surface area contributed by atoms with Gasteiger partial charge in [-0.1, -0.05) is 29.5 Å². The van der Waals surface area contributed by atoms with Gasteiger partial charge >= 0.3 is 6.18 Å². The molecule has 1 aliphatic rings. The van der Waals surface area contributed by atoms with Crippen molar-refractivity contribution < 1.29 is 22.7 Å². The molecule has 3 aromatic rings. The molecule has 12 heteroatoms. The molecule has 1 aliphatic heterocycles. The maximum absolute atomic E-state index is 13.3. The van der Waals surface area contributed by atoms with E-state index in [1.807, 2.05) is 36.9 Å². The number of carbonyl (C=O) groups excluding carboxylic acids is 1. The van der Waals surface area contributed by atoms with Crippen LogP contribution >= 0.6 is 11.8 Å². The summed E-state index contributed by atoms with van der Waals surface area (Å²) in [5, 5.41) is 14.7. The summed E-state index contributed by atoms with van der Waals surface area (Å²) in [6.45, 7) is 5.89. The number of aromatic nitrogens is 4. The first kappa shape index (κ1) is 24.0. The first-order chi connectivity index (χ1) is 16.2. The molecule has 1 saturated heterocycles. The van der Waals surface area contributed by atoms with Crippen molar-refractivity contribution in [2.75, 3.05) is 42.3 Å². The fourth-order valence-electron chi connectivity index (χ4n) is 3.67. The Balaban J connectivity index is 1.51. The van der Waals surface area contributed by atoms with Crippen LogP contribution in [0.2, 0.25) is 0 Å². The van der Waals surface area contributed by atoms with Gasteiger partial charge in [0.05, 0.1) is 41.6 Å². The predicted molar refractivity (Wildman–Crippen MR) is 122 cm³/mol. The molecule has 180 valence electrons. The Bertz CT molecular complexity index is 1180. The molecule has 1 N–H and O–H groups in total. The highest BCUT2D eigenvalue weighted by Gasteiger charge is 2.32. The maximum atomic E-state index is 13.3. The molecule has 1 aromatic heterocycles. The number of tetrazole rings is 1. The van der Waals surface area contributed by atoms with Crippen LogP contribution in [0.15, 0.2) is 41.6 Å². The van der Waals surface area contributed by atoms with Crippen LogP contribution in [-0.4, -0.2) is 58.2 Å². The van der Waals surface area contributed by atoms with Crippen molar-refractivity contribution >= 4 is 29.0 Å². The third kappa shape index (κ3) is 5.50. The van der Waals surface area contributed by atoms with Crippen molar-refractivity contribution in [1.29, 1.82) is 0 Å². The van der Waals surface area contributed by atoms with Crippen molar-refractivity contribution in [3.8, 4) is 5.69 Å². The van der Waals surface area contributed by atoms with Crippen LogP contribution in [0.25, 0.3) is 5.69 Å². The minimum Gasteiger partial charge on any atom is -0.378 e. The number of benzene rings is 2. The zero-order valence-electron chi connectivity index (χ0n) is 18.6. The van der Waals surface area contributed by atoms with E-state index in [4.69, 9.17) is 4.74 Å². The Kier molecular flexibility index (Phi) is 7.08. The minimum absolute atomic E-state index is 0.0793. The largest absolute Gasteiger partial charge is 0.416 e. The number of anilines is 2. The van der Waals surface area contributed by atoms with Crippen molar-refractivity contribution in [1.82, 2.24) is 20.2 Å². The number of ether oxygens (including phenoxy) is 1. The first-order valence-electron chi connectivity index (χ1n) is 10.5. The highest BCUT2D eigenvalue weighted by atomic mass is 32.2. The average molecular weight is 493 g/mol. The molecular formula is C22H23F3N6O2S. The zero-order valence-corrected chi connectivity index (χ0v) is 19.4. The number of rotatable bonds is 6. The summed E-state index contributed by atoms with van der Waals surface area (Å²) in [5.41, 5.74) is 2.65. The van der Waals surface area contributed by atoms with Gasteiger partial charge < -0.3 is 15.0 Å². The van der Waals surface area contributed by atoms with Crippen LogP contribution in [0.1, 0.15) is 16.7 Å². The number of halogens is 3. The van der Waals surface area contributed by atoms with Gasteiger partial charge in [0, 0.05) is 13.1 Å². The third-order valence-corrected chi connectivity index (χ3v) is 6.22. The molecule has 0 radical (unpaired) electrons. The molecule has 34 heavy (non-hydrogen) atoms. The van der Waals surface area contributed by atoms with Crippen LogP contribution in [0.5, 0.6) is 0 Å². The van der Waals surface area contributed by atoms with E-state index in [9.17, 15) is 18.0 Å². The summed E-state index contributed by atoms with van der Waals surface area (Å²) in [7, 11) is 0. The standard InChI is InChI=1S/C22H23F3N6O2S/c1-14-3-5-18(15(2)11-14)31-21(27-28-29-31)34-13-20(32)26-17-12-16(22(23,24)25)4-6-19(17)30-7-9-33-10-8-30/h3-6,11-12H,7-10,13H2,1-2H3,(H,26,32). The summed E-state index contributed by atoms with van der Waals surface area (Å²) < 4.78 is 46.8. The zero-order chi connectivity index (χ0) is 24.3. The summed E-state index contributed by atoms with van der Waals surface area (Å²) in [6.07, 6.45) is -4.52. The predicted octanol–water partition coefficient (Wildman–Crippen LogP) is 3.87. The van der Waals surface area contributed by atoms with Gasteiger partial charge in [-0.3, -0.25) is 4.79 Å². The lowest BCUT2D eigenvalue weighted by atomic mass is 10.1. The van der Waals surface area contributed by atoms with Crippen molar-refractivity contribution in [3.63, 3.8) is 0 Å². The van der Waals surface area contributed by atoms with Crippen LogP contribution in [-0.2, 0) is 15.7 Å². The molecule has 4 rings (SSSR count). The van der Waals surface area contributed by atoms with Gasteiger partial charge in [0.1, 0.15) is 0 Å². The van der Waals surface area contributed by atoms with E-state index in [1.54, 1.807) is 0 Å². The monoisotopic (exact) mass is 492 g/mol. The van der Waals surface area contributed by atoms with E-state index in [0.717, 1.165) is 40.7 Å². The van der Waals surface area contributed by atoms with E-state index in [1.165, 1.54) is 10.7 Å². The second kappa shape index (κ2) is 10.0. The molecule has 0 unspecified atom stereocenters. The van der Waals surface area contributed by atoms with Crippen LogP contribution < -0.4 is 10.2 Å². The number of hydrogen-bond donors (Lipinski definition) is 1. The average Bonchev–Trinajstić information content (AvgIpc) is 3.26.